The Morgan fingerprint density at radius 3 is 2.91 bits per heavy atom. The summed E-state index contributed by atoms with van der Waals surface area (Å²) in [5, 5.41) is 8.57. The quantitative estimate of drug-likeness (QED) is 0.870. The molecule has 1 aliphatic heterocycles. The molecule has 0 spiro atoms. The van der Waals surface area contributed by atoms with Gasteiger partial charge in [0, 0.05) is 18.7 Å². The van der Waals surface area contributed by atoms with Gasteiger partial charge in [-0.3, -0.25) is 9.48 Å². The van der Waals surface area contributed by atoms with E-state index in [0.717, 1.165) is 29.9 Å². The van der Waals surface area contributed by atoms with Gasteiger partial charge in [-0.2, -0.15) is 5.10 Å². The summed E-state index contributed by atoms with van der Waals surface area (Å²) < 4.78 is 6.91. The van der Waals surface area contributed by atoms with E-state index in [9.17, 15) is 4.79 Å². The highest BCUT2D eigenvalue weighted by atomic mass is 35.5. The van der Waals surface area contributed by atoms with Crippen molar-refractivity contribution in [3.63, 3.8) is 0 Å². The lowest BCUT2D eigenvalue weighted by Crippen LogP contribution is -2.33. The highest BCUT2D eigenvalue weighted by Gasteiger charge is 2.36. The maximum Gasteiger partial charge on any atom is 0.274 e. The number of carbonyl (C=O) groups excluding carboxylic acids is 1. The van der Waals surface area contributed by atoms with Gasteiger partial charge in [-0.25, -0.2) is 0 Å². The molecule has 1 aliphatic rings. The van der Waals surface area contributed by atoms with Gasteiger partial charge in [0.05, 0.1) is 23.0 Å². The van der Waals surface area contributed by atoms with Gasteiger partial charge >= 0.3 is 0 Å². The second kappa shape index (κ2) is 5.76. The predicted octanol–water partition coefficient (Wildman–Crippen LogP) is 3.14. The number of likely N-dealkylation sites (tertiary alicyclic amines) is 1. The van der Waals surface area contributed by atoms with Crippen LogP contribution in [0.1, 0.15) is 53.3 Å². The van der Waals surface area contributed by atoms with Crippen LogP contribution in [0, 0.1) is 13.8 Å². The van der Waals surface area contributed by atoms with Crippen molar-refractivity contribution in [2.45, 2.75) is 46.2 Å². The Hall–Kier alpha value is -1.82. The molecule has 0 aromatic carbocycles. The van der Waals surface area contributed by atoms with Crippen LogP contribution in [0.4, 0.5) is 0 Å². The molecule has 22 heavy (non-hydrogen) atoms. The SMILES string of the molecule is CCn1ncc(Cl)c1C(=O)N1CCCC1c1c(C)noc1C. The van der Waals surface area contributed by atoms with Gasteiger partial charge in [-0.05, 0) is 33.6 Å². The molecule has 3 heterocycles. The number of amides is 1. The molecule has 3 rings (SSSR count). The van der Waals surface area contributed by atoms with Crippen LogP contribution in [-0.2, 0) is 6.54 Å². The van der Waals surface area contributed by atoms with E-state index in [1.807, 2.05) is 25.7 Å². The fraction of sp³-hybridized carbons (Fsp3) is 0.533. The van der Waals surface area contributed by atoms with E-state index in [2.05, 4.69) is 10.3 Å². The van der Waals surface area contributed by atoms with Crippen molar-refractivity contribution in [1.82, 2.24) is 19.8 Å². The number of rotatable bonds is 3. The molecule has 0 radical (unpaired) electrons. The topological polar surface area (TPSA) is 64.2 Å². The van der Waals surface area contributed by atoms with Crippen LogP contribution < -0.4 is 0 Å². The lowest BCUT2D eigenvalue weighted by molar-refractivity contribution is 0.0722. The number of halogens is 1. The van der Waals surface area contributed by atoms with Gasteiger partial charge in [0.1, 0.15) is 11.5 Å². The molecule has 6 nitrogen and oxygen atoms in total. The molecule has 0 saturated carbocycles. The van der Waals surface area contributed by atoms with Crippen LogP contribution in [0.3, 0.4) is 0 Å². The first-order chi connectivity index (χ1) is 10.5. The third kappa shape index (κ3) is 2.31. The Kier molecular flexibility index (Phi) is 3.95. The lowest BCUT2D eigenvalue weighted by atomic mass is 10.0. The van der Waals surface area contributed by atoms with Crippen LogP contribution in [-0.4, -0.2) is 32.3 Å². The third-order valence-electron chi connectivity index (χ3n) is 4.23. The maximum atomic E-state index is 13.0. The van der Waals surface area contributed by atoms with Gasteiger partial charge in [0.2, 0.25) is 0 Å². The van der Waals surface area contributed by atoms with Crippen molar-refractivity contribution in [3.05, 3.63) is 33.9 Å². The molecule has 2 aromatic heterocycles. The summed E-state index contributed by atoms with van der Waals surface area (Å²) in [7, 11) is 0. The van der Waals surface area contributed by atoms with E-state index in [0.29, 0.717) is 23.8 Å². The summed E-state index contributed by atoms with van der Waals surface area (Å²) in [6, 6.07) is -0.00461. The molecule has 0 bridgehead atoms. The average Bonchev–Trinajstić information content (AvgIpc) is 3.18. The molecular formula is C15H19ClN4O2. The van der Waals surface area contributed by atoms with Gasteiger partial charge in [-0.1, -0.05) is 16.8 Å². The van der Waals surface area contributed by atoms with Gasteiger partial charge in [0.25, 0.3) is 5.91 Å². The van der Waals surface area contributed by atoms with Crippen LogP contribution in [0.15, 0.2) is 10.7 Å². The Morgan fingerprint density at radius 2 is 2.27 bits per heavy atom. The van der Waals surface area contributed by atoms with Crippen LogP contribution in [0.25, 0.3) is 0 Å². The van der Waals surface area contributed by atoms with E-state index in [-0.39, 0.29) is 11.9 Å². The second-order valence-corrected chi connectivity index (χ2v) is 5.96. The van der Waals surface area contributed by atoms with Crippen LogP contribution in [0.5, 0.6) is 0 Å². The Balaban J connectivity index is 1.97. The largest absolute Gasteiger partial charge is 0.361 e. The van der Waals surface area contributed by atoms with E-state index in [1.54, 1.807) is 4.68 Å². The maximum absolute atomic E-state index is 13.0. The normalized spacial score (nSPS) is 18.2. The van der Waals surface area contributed by atoms with Crippen molar-refractivity contribution < 1.29 is 9.32 Å². The van der Waals surface area contributed by atoms with Crippen molar-refractivity contribution in [2.75, 3.05) is 6.54 Å². The number of hydrogen-bond donors (Lipinski definition) is 0. The number of aryl methyl sites for hydroxylation is 3. The van der Waals surface area contributed by atoms with E-state index in [1.165, 1.54) is 6.20 Å². The first-order valence-electron chi connectivity index (χ1n) is 7.49. The van der Waals surface area contributed by atoms with Crippen molar-refractivity contribution >= 4 is 17.5 Å². The number of nitrogens with zero attached hydrogens (tertiary/aromatic N) is 4. The fourth-order valence-corrected chi connectivity index (χ4v) is 3.45. The second-order valence-electron chi connectivity index (χ2n) is 5.55. The smallest absolute Gasteiger partial charge is 0.274 e. The Morgan fingerprint density at radius 1 is 1.50 bits per heavy atom. The molecule has 7 heteroatoms. The van der Waals surface area contributed by atoms with Crippen LogP contribution >= 0.6 is 11.6 Å². The third-order valence-corrected chi connectivity index (χ3v) is 4.51. The van der Waals surface area contributed by atoms with Crippen LogP contribution in [0.2, 0.25) is 5.02 Å². The van der Waals surface area contributed by atoms with Crippen molar-refractivity contribution in [2.24, 2.45) is 0 Å². The summed E-state index contributed by atoms with van der Waals surface area (Å²) in [6.07, 6.45) is 3.39. The molecule has 1 unspecified atom stereocenters. The summed E-state index contributed by atoms with van der Waals surface area (Å²) in [5.41, 5.74) is 2.32. The van der Waals surface area contributed by atoms with E-state index < -0.39 is 0 Å². The molecule has 0 aliphatic carbocycles. The summed E-state index contributed by atoms with van der Waals surface area (Å²) in [5.74, 6) is 0.698. The van der Waals surface area contributed by atoms with Gasteiger partial charge < -0.3 is 9.42 Å². The zero-order valence-corrected chi connectivity index (χ0v) is 13.7. The summed E-state index contributed by atoms with van der Waals surface area (Å²) in [4.78, 5) is 14.8. The molecule has 1 amide bonds. The van der Waals surface area contributed by atoms with Crippen molar-refractivity contribution in [1.29, 1.82) is 0 Å². The summed E-state index contributed by atoms with van der Waals surface area (Å²) in [6.45, 7) is 7.06. The zero-order valence-electron chi connectivity index (χ0n) is 13.0. The molecule has 2 aromatic rings. The minimum Gasteiger partial charge on any atom is -0.361 e. The number of aromatic nitrogens is 3. The van der Waals surface area contributed by atoms with Gasteiger partial charge in [0.15, 0.2) is 0 Å². The first-order valence-corrected chi connectivity index (χ1v) is 7.87. The van der Waals surface area contributed by atoms with E-state index in [4.69, 9.17) is 16.1 Å². The zero-order chi connectivity index (χ0) is 15.9. The molecular weight excluding hydrogens is 304 g/mol. The molecule has 1 fully saturated rings. The summed E-state index contributed by atoms with van der Waals surface area (Å²) >= 11 is 6.17. The number of carbonyl (C=O) groups is 1. The Labute approximate surface area is 134 Å². The minimum absolute atomic E-state index is 0.00461. The standard InChI is InChI=1S/C15H19ClN4O2/c1-4-20-14(11(16)8-17-20)15(21)19-7-5-6-12(19)13-9(2)18-22-10(13)3/h8,12H,4-7H2,1-3H3. The lowest BCUT2D eigenvalue weighted by Gasteiger charge is -2.25. The fourth-order valence-electron chi connectivity index (χ4n) is 3.23. The minimum atomic E-state index is -0.0770. The monoisotopic (exact) mass is 322 g/mol. The highest BCUT2D eigenvalue weighted by molar-refractivity contribution is 6.33. The Bertz CT molecular complexity index is 687. The van der Waals surface area contributed by atoms with Gasteiger partial charge in [-0.15, -0.1) is 0 Å². The first kappa shape index (κ1) is 15.1. The molecule has 1 atom stereocenters. The molecule has 1 saturated heterocycles. The number of hydrogen-bond acceptors (Lipinski definition) is 4. The molecule has 0 N–H and O–H groups in total. The van der Waals surface area contributed by atoms with E-state index >= 15 is 0 Å². The predicted molar refractivity (Wildman–Crippen MR) is 81.9 cm³/mol. The average molecular weight is 323 g/mol. The van der Waals surface area contributed by atoms with Crippen molar-refractivity contribution in [3.8, 4) is 0 Å². The highest BCUT2D eigenvalue weighted by Crippen LogP contribution is 2.37. The molecule has 118 valence electrons.